The molecule has 0 unspecified atom stereocenters. The fourth-order valence-electron chi connectivity index (χ4n) is 9.72. The van der Waals surface area contributed by atoms with Crippen LogP contribution >= 0.6 is 0 Å². The topological polar surface area (TPSA) is 207 Å². The highest BCUT2D eigenvalue weighted by Crippen LogP contribution is 2.39. The monoisotopic (exact) mass is 934 g/mol. The lowest BCUT2D eigenvalue weighted by Gasteiger charge is -2.37. The summed E-state index contributed by atoms with van der Waals surface area (Å²) in [6.45, 7) is 15.7. The summed E-state index contributed by atoms with van der Waals surface area (Å²) >= 11 is 0. The third kappa shape index (κ3) is 11.4. The number of carbonyl (C=O) groups excluding carboxylic acids is 5. The third-order valence-electron chi connectivity index (χ3n) is 13.3. The van der Waals surface area contributed by atoms with E-state index in [2.05, 4.69) is 40.1 Å². The predicted octanol–water partition coefficient (Wildman–Crippen LogP) is 4.55. The second-order valence-electron chi connectivity index (χ2n) is 20.3. The van der Waals surface area contributed by atoms with Crippen molar-refractivity contribution in [3.05, 3.63) is 58.9 Å². The molecule has 2 aromatic carbocycles. The molecule has 6 bridgehead atoms. The van der Waals surface area contributed by atoms with Crippen LogP contribution in [0.25, 0.3) is 27.6 Å². The normalized spacial score (nSPS) is 20.6. The number of ether oxygens (including phenoxy) is 1. The van der Waals surface area contributed by atoms with Gasteiger partial charge in [-0.05, 0) is 111 Å². The number of cyclic esters (lactones) is 1. The molecule has 0 spiro atoms. The van der Waals surface area contributed by atoms with Crippen LogP contribution in [0.2, 0.25) is 0 Å². The van der Waals surface area contributed by atoms with Crippen molar-refractivity contribution in [3.63, 3.8) is 0 Å². The number of allylic oxidation sites excluding steroid dienone is 2. The number of amides is 4. The lowest BCUT2D eigenvalue weighted by Crippen LogP contribution is -2.62. The number of nitrogens with two attached hydrogens (primary N) is 1. The molecule has 16 heteroatoms. The SMILES string of the molecule is CCn1c(/C(C=N)=C(/N)C(C)C)c2c3cc(ccc31)-c1cc(O)cc(c1)C[C@H](NC(=O)[C@H](C(C)C)N(C)C(=O)[C@H]1CCN(C(=O)C#CCN(C)C)C1)C(=O)N1CCC[C@H](N1)C(=O)OCC(C)(C)C2. The number of nitrogens with zero attached hydrogens (tertiary/aromatic N) is 5. The maximum absolute atomic E-state index is 14.7. The van der Waals surface area contributed by atoms with Crippen LogP contribution in [-0.2, 0) is 48.1 Å². The van der Waals surface area contributed by atoms with Crippen molar-refractivity contribution in [1.82, 2.24) is 35.0 Å². The number of hydrazine groups is 1. The van der Waals surface area contributed by atoms with Crippen molar-refractivity contribution in [2.24, 2.45) is 28.9 Å². The number of phenols is 1. The lowest BCUT2D eigenvalue weighted by molar-refractivity contribution is -0.155. The number of aryl methyl sites for hydroxylation is 1. The number of hydrogen-bond donors (Lipinski definition) is 5. The molecule has 4 amide bonds. The van der Waals surface area contributed by atoms with E-state index in [1.54, 1.807) is 24.1 Å². The number of benzene rings is 2. The molecule has 4 heterocycles. The largest absolute Gasteiger partial charge is 0.508 e. The number of likely N-dealkylation sites (N-methyl/N-ethyl adjacent to an activating group) is 1. The minimum atomic E-state index is -1.18. The second-order valence-corrected chi connectivity index (χ2v) is 20.3. The fourth-order valence-corrected chi connectivity index (χ4v) is 9.72. The molecule has 68 heavy (non-hydrogen) atoms. The summed E-state index contributed by atoms with van der Waals surface area (Å²) in [6, 6.07) is 8.21. The van der Waals surface area contributed by atoms with Gasteiger partial charge < -0.3 is 40.7 Å². The lowest BCUT2D eigenvalue weighted by atomic mass is 9.84. The average molecular weight is 934 g/mol. The van der Waals surface area contributed by atoms with Gasteiger partial charge in [-0.15, -0.1) is 0 Å². The van der Waals surface area contributed by atoms with Crippen molar-refractivity contribution >= 4 is 52.3 Å². The van der Waals surface area contributed by atoms with E-state index in [1.165, 1.54) is 16.1 Å². The van der Waals surface area contributed by atoms with Gasteiger partial charge in [0, 0.05) is 73.5 Å². The maximum atomic E-state index is 14.7. The molecule has 2 fully saturated rings. The summed E-state index contributed by atoms with van der Waals surface area (Å²) in [4.78, 5) is 75.0. The number of likely N-dealkylation sites (tertiary alicyclic amines) is 1. The molecule has 3 aliphatic rings. The van der Waals surface area contributed by atoms with Crippen molar-refractivity contribution in [1.29, 1.82) is 5.41 Å². The van der Waals surface area contributed by atoms with Crippen LogP contribution < -0.4 is 16.5 Å². The Kier molecular flexibility index (Phi) is 16.1. The number of aromatic nitrogens is 1. The molecule has 6 N–H and O–H groups in total. The molecule has 2 saturated heterocycles. The molecule has 4 atom stereocenters. The highest BCUT2D eigenvalue weighted by atomic mass is 16.5. The van der Waals surface area contributed by atoms with E-state index < -0.39 is 47.2 Å². The Labute approximate surface area is 401 Å². The first-order chi connectivity index (χ1) is 32.1. The van der Waals surface area contributed by atoms with Crippen molar-refractivity contribution < 1.29 is 33.8 Å². The van der Waals surface area contributed by atoms with E-state index in [0.29, 0.717) is 67.7 Å². The number of hydrogen-bond acceptors (Lipinski definition) is 11. The van der Waals surface area contributed by atoms with Crippen molar-refractivity contribution in [2.75, 3.05) is 53.9 Å². The van der Waals surface area contributed by atoms with Gasteiger partial charge in [0.1, 0.15) is 23.9 Å². The summed E-state index contributed by atoms with van der Waals surface area (Å²) in [5.41, 5.74) is 15.2. The standard InChI is InChI=1S/C52H71N9O7/c1-11-60-43-17-16-34-26-38(43)39(47(60)40(28-53)45(54)31(2)3)27-52(6,7)30-68-51(67)41-14-12-20-61(56-41)50(66)42(24-33-22-36(34)25-37(62)23-33)55-48(64)46(32(4)5)58(10)49(65)35-18-21-59(29-35)44(63)15-13-19-57(8)9/h16-17,22-23,25-26,28,31-32,35,41-42,46,53,56,62H,11-12,14,18-21,24,27,29-30,54H2,1-10H3,(H,55,64)/b45-40+,53-28?/t35-,41-,42-,46-/m0/s1. The van der Waals surface area contributed by atoms with Crippen LogP contribution in [0.3, 0.4) is 0 Å². The van der Waals surface area contributed by atoms with Crippen LogP contribution in [0.15, 0.2) is 42.1 Å². The van der Waals surface area contributed by atoms with Gasteiger partial charge >= 0.3 is 5.97 Å². The Morgan fingerprint density at radius 2 is 1.79 bits per heavy atom. The van der Waals surface area contributed by atoms with Crippen molar-refractivity contribution in [2.45, 2.75) is 105 Å². The Hall–Kier alpha value is -6.18. The van der Waals surface area contributed by atoms with Crippen molar-refractivity contribution in [3.8, 4) is 28.7 Å². The first-order valence-electron chi connectivity index (χ1n) is 23.9. The van der Waals surface area contributed by atoms with E-state index in [0.717, 1.165) is 27.7 Å². The van der Waals surface area contributed by atoms with Gasteiger partial charge in [-0.2, -0.15) is 0 Å². The van der Waals surface area contributed by atoms with E-state index >= 15 is 0 Å². The number of rotatable bonds is 10. The van der Waals surface area contributed by atoms with E-state index in [-0.39, 0.29) is 55.5 Å². The molecular weight excluding hydrogens is 863 g/mol. The average Bonchev–Trinajstić information content (AvgIpc) is 3.90. The molecule has 0 saturated carbocycles. The van der Waals surface area contributed by atoms with E-state index in [4.69, 9.17) is 15.9 Å². The Bertz CT molecular complexity index is 2530. The summed E-state index contributed by atoms with van der Waals surface area (Å²) < 4.78 is 8.23. The molecule has 1 aromatic heterocycles. The van der Waals surface area contributed by atoms with E-state index in [9.17, 15) is 29.1 Å². The molecule has 3 aliphatic heterocycles. The summed E-state index contributed by atoms with van der Waals surface area (Å²) in [7, 11) is 5.30. The summed E-state index contributed by atoms with van der Waals surface area (Å²) in [5, 5.41) is 25.2. The molecule has 0 radical (unpaired) electrons. The van der Waals surface area contributed by atoms with Crippen LogP contribution in [0, 0.1) is 40.4 Å². The molecule has 16 nitrogen and oxygen atoms in total. The highest BCUT2D eigenvalue weighted by molar-refractivity contribution is 6.12. The smallest absolute Gasteiger partial charge is 0.324 e. The van der Waals surface area contributed by atoms with Gasteiger partial charge in [0.25, 0.3) is 11.8 Å². The molecule has 366 valence electrons. The zero-order valence-corrected chi connectivity index (χ0v) is 41.5. The molecule has 3 aromatic rings. The first-order valence-corrected chi connectivity index (χ1v) is 23.9. The minimum absolute atomic E-state index is 0.0280. The van der Waals surface area contributed by atoms with Crippen LogP contribution in [0.4, 0.5) is 0 Å². The van der Waals surface area contributed by atoms with Gasteiger partial charge in [0.2, 0.25) is 11.8 Å². The first kappa shape index (κ1) is 51.2. The fraction of sp³-hybridized carbons (Fsp3) is 0.538. The van der Waals surface area contributed by atoms with Gasteiger partial charge in [-0.3, -0.25) is 33.9 Å². The van der Waals surface area contributed by atoms with Crippen LogP contribution in [0.1, 0.15) is 84.5 Å². The maximum Gasteiger partial charge on any atom is 0.324 e. The van der Waals surface area contributed by atoms with Gasteiger partial charge in [0.15, 0.2) is 0 Å². The zero-order chi connectivity index (χ0) is 49.8. The van der Waals surface area contributed by atoms with Gasteiger partial charge in [0.05, 0.1) is 24.8 Å². The third-order valence-corrected chi connectivity index (χ3v) is 13.3. The molecule has 6 rings (SSSR count). The zero-order valence-electron chi connectivity index (χ0n) is 41.5. The second kappa shape index (κ2) is 21.4. The van der Waals surface area contributed by atoms with Crippen LogP contribution in [0.5, 0.6) is 5.75 Å². The highest BCUT2D eigenvalue weighted by Gasteiger charge is 2.40. The Balaban J connectivity index is 1.39. The number of esters is 1. The number of phenolic OH excluding ortho intramolecular Hbond substituents is 1. The number of fused-ring (bicyclic) bond motifs is 6. The number of aromatic hydroxyl groups is 1. The predicted molar refractivity (Wildman–Crippen MR) is 264 cm³/mol. The van der Waals surface area contributed by atoms with Gasteiger partial charge in [-0.1, -0.05) is 59.6 Å². The molecular formula is C52H71N9O7. The quantitative estimate of drug-likeness (QED) is 0.109. The van der Waals surface area contributed by atoms with Gasteiger partial charge in [-0.25, -0.2) is 5.43 Å². The Morgan fingerprint density at radius 3 is 2.46 bits per heavy atom. The van der Waals surface area contributed by atoms with E-state index in [1.807, 2.05) is 78.7 Å². The Morgan fingerprint density at radius 1 is 1.06 bits per heavy atom. The summed E-state index contributed by atoms with van der Waals surface area (Å²) in [6.07, 6.45) is 3.10. The number of nitrogens with one attached hydrogen (secondary N) is 3. The number of carbonyl (C=O) groups is 5. The molecule has 0 aliphatic carbocycles. The summed E-state index contributed by atoms with van der Waals surface area (Å²) in [5.74, 6) is 2.37. The van der Waals surface area contributed by atoms with Crippen LogP contribution in [-0.4, -0.2) is 137 Å². The minimum Gasteiger partial charge on any atom is -0.508 e.